The molecule has 0 saturated heterocycles. The topological polar surface area (TPSA) is 38.3 Å². The molecule has 2 aromatic rings. The normalized spacial score (nSPS) is 11.8. The molecule has 0 saturated carbocycles. The van der Waals surface area contributed by atoms with E-state index in [9.17, 15) is 4.79 Å². The van der Waals surface area contributed by atoms with E-state index in [4.69, 9.17) is 4.74 Å². The number of ether oxygens (including phenoxy) is 1. The first-order valence-electron chi connectivity index (χ1n) is 7.51. The van der Waals surface area contributed by atoms with Gasteiger partial charge in [-0.2, -0.15) is 0 Å². The summed E-state index contributed by atoms with van der Waals surface area (Å²) in [6.45, 7) is 8.14. The predicted molar refractivity (Wildman–Crippen MR) is 89.1 cm³/mol. The highest BCUT2D eigenvalue weighted by atomic mass is 16.5. The van der Waals surface area contributed by atoms with E-state index in [1.165, 1.54) is 11.1 Å². The van der Waals surface area contributed by atoms with Gasteiger partial charge in [0.1, 0.15) is 5.75 Å². The van der Waals surface area contributed by atoms with Crippen molar-refractivity contribution in [1.29, 1.82) is 0 Å². The van der Waals surface area contributed by atoms with Crippen LogP contribution in [0.15, 0.2) is 42.5 Å². The Morgan fingerprint density at radius 1 is 1.09 bits per heavy atom. The molecule has 1 amide bonds. The first kappa shape index (κ1) is 16.1. The minimum Gasteiger partial charge on any atom is -0.484 e. The number of carbonyl (C=O) groups excluding carboxylic acids is 1. The highest BCUT2D eigenvalue weighted by Crippen LogP contribution is 2.18. The van der Waals surface area contributed by atoms with E-state index in [0.717, 1.165) is 11.1 Å². The Balaban J connectivity index is 1.91. The van der Waals surface area contributed by atoms with Crippen molar-refractivity contribution in [2.75, 3.05) is 6.61 Å². The maximum Gasteiger partial charge on any atom is 0.258 e. The Kier molecular flexibility index (Phi) is 5.21. The van der Waals surface area contributed by atoms with Crippen LogP contribution < -0.4 is 10.1 Å². The molecule has 1 unspecified atom stereocenters. The monoisotopic (exact) mass is 297 g/mol. The lowest BCUT2D eigenvalue weighted by molar-refractivity contribution is -0.123. The Labute approximate surface area is 132 Å². The summed E-state index contributed by atoms with van der Waals surface area (Å²) in [7, 11) is 0. The Morgan fingerprint density at radius 3 is 2.50 bits per heavy atom. The number of benzene rings is 2. The largest absolute Gasteiger partial charge is 0.484 e. The van der Waals surface area contributed by atoms with Gasteiger partial charge >= 0.3 is 0 Å². The smallest absolute Gasteiger partial charge is 0.258 e. The standard InChI is InChI=1S/C19H23NO2/c1-13-6-5-7-17(11-13)22-12-19(21)20-16(4)18-9-8-14(2)10-15(18)3/h5-11,16H,12H2,1-4H3,(H,20,21). The van der Waals surface area contributed by atoms with Gasteiger partial charge in [0.15, 0.2) is 6.61 Å². The number of amides is 1. The second-order valence-electron chi connectivity index (χ2n) is 5.75. The van der Waals surface area contributed by atoms with Crippen molar-refractivity contribution in [3.8, 4) is 5.75 Å². The van der Waals surface area contributed by atoms with E-state index >= 15 is 0 Å². The molecule has 3 heteroatoms. The molecule has 3 nitrogen and oxygen atoms in total. The van der Waals surface area contributed by atoms with Crippen LogP contribution in [-0.4, -0.2) is 12.5 Å². The third kappa shape index (κ3) is 4.35. The van der Waals surface area contributed by atoms with Gasteiger partial charge in [-0.3, -0.25) is 4.79 Å². The fourth-order valence-electron chi connectivity index (χ4n) is 2.53. The van der Waals surface area contributed by atoms with Crippen molar-refractivity contribution in [1.82, 2.24) is 5.32 Å². The van der Waals surface area contributed by atoms with Crippen LogP contribution in [0.25, 0.3) is 0 Å². The lowest BCUT2D eigenvalue weighted by Gasteiger charge is -2.17. The van der Waals surface area contributed by atoms with Crippen LogP contribution in [0.4, 0.5) is 0 Å². The van der Waals surface area contributed by atoms with Gasteiger partial charge in [-0.05, 0) is 56.5 Å². The molecule has 0 aromatic heterocycles. The molecule has 0 bridgehead atoms. The van der Waals surface area contributed by atoms with Gasteiger partial charge < -0.3 is 10.1 Å². The summed E-state index contributed by atoms with van der Waals surface area (Å²) in [6, 6.07) is 13.9. The van der Waals surface area contributed by atoms with Gasteiger partial charge in [0, 0.05) is 0 Å². The minimum absolute atomic E-state index is 0.0265. The summed E-state index contributed by atoms with van der Waals surface area (Å²) in [4.78, 5) is 12.0. The summed E-state index contributed by atoms with van der Waals surface area (Å²) < 4.78 is 5.52. The van der Waals surface area contributed by atoms with E-state index < -0.39 is 0 Å². The summed E-state index contributed by atoms with van der Waals surface area (Å²) in [5.41, 5.74) is 4.66. The molecule has 1 N–H and O–H groups in total. The molecule has 0 radical (unpaired) electrons. The van der Waals surface area contributed by atoms with E-state index in [1.807, 2.05) is 38.1 Å². The van der Waals surface area contributed by atoms with Crippen molar-refractivity contribution >= 4 is 5.91 Å². The summed E-state index contributed by atoms with van der Waals surface area (Å²) in [5, 5.41) is 2.98. The average molecular weight is 297 g/mol. The highest BCUT2D eigenvalue weighted by molar-refractivity contribution is 5.78. The lowest BCUT2D eigenvalue weighted by Crippen LogP contribution is -2.31. The Morgan fingerprint density at radius 2 is 1.82 bits per heavy atom. The van der Waals surface area contributed by atoms with E-state index in [2.05, 4.69) is 37.4 Å². The molecule has 0 aliphatic rings. The predicted octanol–water partition coefficient (Wildman–Crippen LogP) is 3.87. The zero-order chi connectivity index (χ0) is 16.1. The Bertz CT molecular complexity index is 664. The van der Waals surface area contributed by atoms with Crippen LogP contribution in [0.3, 0.4) is 0 Å². The molecule has 0 aliphatic carbocycles. The number of carbonyl (C=O) groups is 1. The molecule has 1 atom stereocenters. The molecule has 22 heavy (non-hydrogen) atoms. The lowest BCUT2D eigenvalue weighted by atomic mass is 10.0. The third-order valence-corrected chi connectivity index (χ3v) is 3.63. The maximum atomic E-state index is 12.0. The first-order valence-corrected chi connectivity index (χ1v) is 7.51. The summed E-state index contributed by atoms with van der Waals surface area (Å²) >= 11 is 0. The maximum absolute atomic E-state index is 12.0. The van der Waals surface area contributed by atoms with Crippen LogP contribution >= 0.6 is 0 Å². The van der Waals surface area contributed by atoms with E-state index in [1.54, 1.807) is 0 Å². The average Bonchev–Trinajstić information content (AvgIpc) is 2.45. The van der Waals surface area contributed by atoms with E-state index in [-0.39, 0.29) is 18.6 Å². The molecular weight excluding hydrogens is 274 g/mol. The van der Waals surface area contributed by atoms with Crippen LogP contribution in [0.2, 0.25) is 0 Å². The van der Waals surface area contributed by atoms with Crippen molar-refractivity contribution < 1.29 is 9.53 Å². The second-order valence-corrected chi connectivity index (χ2v) is 5.75. The molecular formula is C19H23NO2. The number of hydrogen-bond acceptors (Lipinski definition) is 2. The van der Waals surface area contributed by atoms with Gasteiger partial charge in [-0.15, -0.1) is 0 Å². The van der Waals surface area contributed by atoms with E-state index in [0.29, 0.717) is 5.75 Å². The molecule has 2 rings (SSSR count). The molecule has 2 aromatic carbocycles. The van der Waals surface area contributed by atoms with Crippen molar-refractivity contribution in [3.63, 3.8) is 0 Å². The molecule has 116 valence electrons. The quantitative estimate of drug-likeness (QED) is 0.910. The minimum atomic E-state index is -0.117. The Hall–Kier alpha value is -2.29. The zero-order valence-corrected chi connectivity index (χ0v) is 13.6. The SMILES string of the molecule is Cc1cccc(OCC(=O)NC(C)c2ccc(C)cc2C)c1. The van der Waals surface area contributed by atoms with Crippen molar-refractivity contribution in [3.05, 3.63) is 64.7 Å². The summed E-state index contributed by atoms with van der Waals surface area (Å²) in [6.07, 6.45) is 0. The van der Waals surface area contributed by atoms with Gasteiger partial charge in [0.2, 0.25) is 0 Å². The molecule has 0 aliphatic heterocycles. The first-order chi connectivity index (χ1) is 10.5. The van der Waals surface area contributed by atoms with Crippen LogP contribution in [0.5, 0.6) is 5.75 Å². The van der Waals surface area contributed by atoms with Gasteiger partial charge in [0.25, 0.3) is 5.91 Å². The fraction of sp³-hybridized carbons (Fsp3) is 0.316. The van der Waals surface area contributed by atoms with Crippen molar-refractivity contribution in [2.45, 2.75) is 33.7 Å². The number of hydrogen-bond donors (Lipinski definition) is 1. The molecule has 0 spiro atoms. The molecule has 0 fully saturated rings. The summed E-state index contributed by atoms with van der Waals surface area (Å²) in [5.74, 6) is 0.600. The highest BCUT2D eigenvalue weighted by Gasteiger charge is 2.12. The van der Waals surface area contributed by atoms with Crippen LogP contribution in [0.1, 0.15) is 35.2 Å². The zero-order valence-electron chi connectivity index (χ0n) is 13.6. The number of nitrogens with one attached hydrogen (secondary N) is 1. The third-order valence-electron chi connectivity index (χ3n) is 3.63. The fourth-order valence-corrected chi connectivity index (χ4v) is 2.53. The van der Waals surface area contributed by atoms with Gasteiger partial charge in [-0.25, -0.2) is 0 Å². The van der Waals surface area contributed by atoms with Gasteiger partial charge in [0.05, 0.1) is 6.04 Å². The second kappa shape index (κ2) is 7.12. The van der Waals surface area contributed by atoms with Crippen LogP contribution in [0, 0.1) is 20.8 Å². The van der Waals surface area contributed by atoms with Gasteiger partial charge in [-0.1, -0.05) is 35.9 Å². The molecule has 0 heterocycles. The van der Waals surface area contributed by atoms with Crippen LogP contribution in [-0.2, 0) is 4.79 Å². The number of rotatable bonds is 5. The van der Waals surface area contributed by atoms with Crippen molar-refractivity contribution in [2.24, 2.45) is 0 Å². The number of aryl methyl sites for hydroxylation is 3.